The van der Waals surface area contributed by atoms with Crippen LogP contribution < -0.4 is 5.32 Å². The van der Waals surface area contributed by atoms with Crippen molar-refractivity contribution in [1.82, 2.24) is 15.1 Å². The number of aryl methyl sites for hydroxylation is 1. The maximum Gasteiger partial charge on any atom is 0.272 e. The lowest BCUT2D eigenvalue weighted by Gasteiger charge is -2.22. The third-order valence-electron chi connectivity index (χ3n) is 6.51. The predicted octanol–water partition coefficient (Wildman–Crippen LogP) is 6.58. The lowest BCUT2D eigenvalue weighted by Crippen LogP contribution is -2.36. The van der Waals surface area contributed by atoms with E-state index in [1.807, 2.05) is 47.1 Å². The highest BCUT2D eigenvalue weighted by molar-refractivity contribution is 5.94. The molecule has 1 aromatic heterocycles. The SMILES string of the molecule is Cc1ccccc1-n1nc(C(=O)NC2CCCCC2)cc1-c1ccc(-c2ccccc2)cc1. The summed E-state index contributed by atoms with van der Waals surface area (Å²) in [7, 11) is 0. The zero-order valence-corrected chi connectivity index (χ0v) is 19.0. The summed E-state index contributed by atoms with van der Waals surface area (Å²) in [6.45, 7) is 2.07. The molecule has 4 nitrogen and oxygen atoms in total. The summed E-state index contributed by atoms with van der Waals surface area (Å²) in [6, 6.07) is 29.1. The Morgan fingerprint density at radius 1 is 0.818 bits per heavy atom. The molecule has 0 atom stereocenters. The van der Waals surface area contributed by atoms with Crippen LogP contribution in [-0.2, 0) is 0 Å². The Morgan fingerprint density at radius 2 is 1.45 bits per heavy atom. The Morgan fingerprint density at radius 3 is 2.18 bits per heavy atom. The van der Waals surface area contributed by atoms with E-state index in [2.05, 4.69) is 54.7 Å². The number of carbonyl (C=O) groups excluding carboxylic acids is 1. The molecule has 0 bridgehead atoms. The first-order valence-corrected chi connectivity index (χ1v) is 11.8. The molecule has 0 spiro atoms. The molecular formula is C29H29N3O. The van der Waals surface area contributed by atoms with Gasteiger partial charge in [-0.1, -0.05) is 92.1 Å². The van der Waals surface area contributed by atoms with E-state index in [0.29, 0.717) is 5.69 Å². The molecule has 1 heterocycles. The van der Waals surface area contributed by atoms with Gasteiger partial charge in [0.05, 0.1) is 11.4 Å². The fourth-order valence-corrected chi connectivity index (χ4v) is 4.65. The van der Waals surface area contributed by atoms with E-state index in [-0.39, 0.29) is 11.9 Å². The molecule has 166 valence electrons. The van der Waals surface area contributed by atoms with Crippen LogP contribution in [-0.4, -0.2) is 21.7 Å². The Balaban J connectivity index is 1.51. The Labute approximate surface area is 195 Å². The first-order chi connectivity index (χ1) is 16.2. The van der Waals surface area contributed by atoms with Crippen molar-refractivity contribution in [2.45, 2.75) is 45.1 Å². The maximum atomic E-state index is 13.1. The van der Waals surface area contributed by atoms with Crippen molar-refractivity contribution in [3.05, 3.63) is 96.2 Å². The van der Waals surface area contributed by atoms with Crippen molar-refractivity contribution in [1.29, 1.82) is 0 Å². The van der Waals surface area contributed by atoms with Gasteiger partial charge in [0.2, 0.25) is 0 Å². The lowest BCUT2D eigenvalue weighted by atomic mass is 9.95. The first-order valence-electron chi connectivity index (χ1n) is 11.8. The van der Waals surface area contributed by atoms with Crippen molar-refractivity contribution < 1.29 is 4.79 Å². The van der Waals surface area contributed by atoms with E-state index in [0.717, 1.165) is 40.9 Å². The lowest BCUT2D eigenvalue weighted by molar-refractivity contribution is 0.0922. The van der Waals surface area contributed by atoms with Crippen LogP contribution in [0.1, 0.15) is 48.2 Å². The van der Waals surface area contributed by atoms with E-state index in [4.69, 9.17) is 5.10 Å². The molecule has 5 rings (SSSR count). The van der Waals surface area contributed by atoms with Crippen LogP contribution in [0.2, 0.25) is 0 Å². The summed E-state index contributed by atoms with van der Waals surface area (Å²) in [6.07, 6.45) is 5.73. The number of hydrogen-bond donors (Lipinski definition) is 1. The molecule has 4 aromatic rings. The highest BCUT2D eigenvalue weighted by Gasteiger charge is 2.21. The number of hydrogen-bond acceptors (Lipinski definition) is 2. The van der Waals surface area contributed by atoms with Crippen molar-refractivity contribution in [2.24, 2.45) is 0 Å². The van der Waals surface area contributed by atoms with E-state index in [9.17, 15) is 4.79 Å². The van der Waals surface area contributed by atoms with Crippen molar-refractivity contribution in [3.8, 4) is 28.1 Å². The number of nitrogens with one attached hydrogen (secondary N) is 1. The van der Waals surface area contributed by atoms with Gasteiger partial charge in [-0.05, 0) is 48.6 Å². The number of aromatic nitrogens is 2. The van der Waals surface area contributed by atoms with Crippen molar-refractivity contribution in [3.63, 3.8) is 0 Å². The number of para-hydroxylation sites is 1. The van der Waals surface area contributed by atoms with Crippen LogP contribution in [0.4, 0.5) is 0 Å². The third kappa shape index (κ3) is 4.61. The van der Waals surface area contributed by atoms with Crippen molar-refractivity contribution in [2.75, 3.05) is 0 Å². The fourth-order valence-electron chi connectivity index (χ4n) is 4.65. The minimum absolute atomic E-state index is 0.0867. The highest BCUT2D eigenvalue weighted by Crippen LogP contribution is 2.28. The topological polar surface area (TPSA) is 46.9 Å². The Kier molecular flexibility index (Phi) is 6.07. The molecule has 1 aliphatic carbocycles. The molecule has 4 heteroatoms. The van der Waals surface area contributed by atoms with Crippen LogP contribution in [0.25, 0.3) is 28.1 Å². The zero-order valence-electron chi connectivity index (χ0n) is 19.0. The molecule has 1 saturated carbocycles. The van der Waals surface area contributed by atoms with E-state index in [1.54, 1.807) is 0 Å². The van der Waals surface area contributed by atoms with Crippen LogP contribution in [0.3, 0.4) is 0 Å². The number of carbonyl (C=O) groups is 1. The van der Waals surface area contributed by atoms with Gasteiger partial charge in [0.1, 0.15) is 0 Å². The minimum Gasteiger partial charge on any atom is -0.348 e. The molecule has 1 aliphatic rings. The van der Waals surface area contributed by atoms with E-state index in [1.165, 1.54) is 24.8 Å². The molecule has 0 radical (unpaired) electrons. The van der Waals surface area contributed by atoms with Crippen LogP contribution in [0, 0.1) is 6.92 Å². The van der Waals surface area contributed by atoms with Gasteiger partial charge in [0.25, 0.3) is 5.91 Å². The summed E-state index contributed by atoms with van der Waals surface area (Å²) in [4.78, 5) is 13.1. The summed E-state index contributed by atoms with van der Waals surface area (Å²) in [5.41, 5.74) is 6.85. The predicted molar refractivity (Wildman–Crippen MR) is 134 cm³/mol. The van der Waals surface area contributed by atoms with Gasteiger partial charge in [-0.25, -0.2) is 4.68 Å². The van der Waals surface area contributed by atoms with Gasteiger partial charge in [-0.15, -0.1) is 0 Å². The first kappa shape index (κ1) is 21.2. The standard InChI is InChI=1S/C29H29N3O/c1-21-10-8-9-15-27(21)32-28(20-26(31-32)29(33)30-25-13-6-3-7-14-25)24-18-16-23(17-19-24)22-11-4-2-5-12-22/h2,4-5,8-12,15-20,25H,3,6-7,13-14H2,1H3,(H,30,33). The Hall–Kier alpha value is -3.66. The summed E-state index contributed by atoms with van der Waals surface area (Å²) in [5.74, 6) is -0.0867. The fraction of sp³-hybridized carbons (Fsp3) is 0.241. The van der Waals surface area contributed by atoms with Gasteiger partial charge in [0.15, 0.2) is 5.69 Å². The molecular weight excluding hydrogens is 406 g/mol. The summed E-state index contributed by atoms with van der Waals surface area (Å²) >= 11 is 0. The second-order valence-corrected chi connectivity index (χ2v) is 8.86. The monoisotopic (exact) mass is 435 g/mol. The molecule has 3 aromatic carbocycles. The second-order valence-electron chi connectivity index (χ2n) is 8.86. The van der Waals surface area contributed by atoms with Gasteiger partial charge in [-0.2, -0.15) is 5.10 Å². The largest absolute Gasteiger partial charge is 0.348 e. The Bertz CT molecular complexity index is 1240. The quantitative estimate of drug-likeness (QED) is 0.385. The molecule has 0 unspecified atom stereocenters. The van der Waals surface area contributed by atoms with Crippen molar-refractivity contribution >= 4 is 5.91 Å². The summed E-state index contributed by atoms with van der Waals surface area (Å²) in [5, 5.41) is 7.98. The molecule has 1 N–H and O–H groups in total. The average Bonchev–Trinajstić information content (AvgIpc) is 3.31. The second kappa shape index (κ2) is 9.45. The third-order valence-corrected chi connectivity index (χ3v) is 6.51. The van der Waals surface area contributed by atoms with Gasteiger partial charge in [0, 0.05) is 11.6 Å². The number of amides is 1. The van der Waals surface area contributed by atoms with E-state index >= 15 is 0 Å². The number of rotatable bonds is 5. The smallest absolute Gasteiger partial charge is 0.272 e. The van der Waals surface area contributed by atoms with Crippen LogP contribution in [0.15, 0.2) is 84.9 Å². The molecule has 0 saturated heterocycles. The number of benzene rings is 3. The highest BCUT2D eigenvalue weighted by atomic mass is 16.2. The maximum absolute atomic E-state index is 13.1. The minimum atomic E-state index is -0.0867. The summed E-state index contributed by atoms with van der Waals surface area (Å²) < 4.78 is 1.91. The normalized spacial score (nSPS) is 14.2. The average molecular weight is 436 g/mol. The van der Waals surface area contributed by atoms with Crippen LogP contribution in [0.5, 0.6) is 0 Å². The van der Waals surface area contributed by atoms with Crippen LogP contribution >= 0.6 is 0 Å². The zero-order chi connectivity index (χ0) is 22.6. The molecule has 33 heavy (non-hydrogen) atoms. The van der Waals surface area contributed by atoms with Gasteiger partial charge < -0.3 is 5.32 Å². The number of nitrogens with zero attached hydrogens (tertiary/aromatic N) is 2. The molecule has 0 aliphatic heterocycles. The molecule has 1 fully saturated rings. The van der Waals surface area contributed by atoms with Gasteiger partial charge >= 0.3 is 0 Å². The van der Waals surface area contributed by atoms with E-state index < -0.39 is 0 Å². The molecule has 1 amide bonds. The van der Waals surface area contributed by atoms with Gasteiger partial charge in [-0.3, -0.25) is 4.79 Å².